The Morgan fingerprint density at radius 1 is 1.11 bits per heavy atom. The second-order valence-corrected chi connectivity index (χ2v) is 9.06. The van der Waals surface area contributed by atoms with Crippen LogP contribution in [0.1, 0.15) is 40.4 Å². The molecule has 0 fully saturated rings. The molecule has 0 aliphatic carbocycles. The van der Waals surface area contributed by atoms with Crippen LogP contribution in [0.5, 0.6) is 11.5 Å². The Morgan fingerprint density at radius 2 is 1.89 bits per heavy atom. The number of halogens is 2. The van der Waals surface area contributed by atoms with E-state index < -0.39 is 27.8 Å². The molecule has 7 nitrogen and oxygen atoms in total. The van der Waals surface area contributed by atoms with E-state index in [1.165, 1.54) is 36.4 Å². The standard InChI is InChI=1S/C25H23F2N3O4S/c1-3-10-29-35(32,33)30-20-6-5-7-21(15-20)34-23-14-19(26)13-18(24(23)25(28)31)12-17-9-8-16(4-2)11-22(17)27/h2,5-9,11,13-15,29-30H,3,10,12H2,1H3,(H2,28,31). The highest BCUT2D eigenvalue weighted by Gasteiger charge is 2.20. The zero-order valence-electron chi connectivity index (χ0n) is 18.8. The zero-order valence-corrected chi connectivity index (χ0v) is 19.6. The third-order valence-corrected chi connectivity index (χ3v) is 5.94. The van der Waals surface area contributed by atoms with Crippen LogP contribution in [-0.4, -0.2) is 20.9 Å². The summed E-state index contributed by atoms with van der Waals surface area (Å²) in [5.74, 6) is -0.0132. The van der Waals surface area contributed by atoms with Crippen molar-refractivity contribution in [1.82, 2.24) is 4.72 Å². The average molecular weight is 500 g/mol. The lowest BCUT2D eigenvalue weighted by molar-refractivity contribution is 0.0997. The molecule has 0 unspecified atom stereocenters. The quantitative estimate of drug-likeness (QED) is 0.365. The molecule has 1 amide bonds. The van der Waals surface area contributed by atoms with Crippen molar-refractivity contribution >= 4 is 21.8 Å². The molecule has 3 aromatic carbocycles. The number of carbonyl (C=O) groups excluding carboxylic acids is 1. The van der Waals surface area contributed by atoms with Crippen molar-refractivity contribution in [3.05, 3.63) is 88.5 Å². The third kappa shape index (κ3) is 6.79. The molecule has 182 valence electrons. The highest BCUT2D eigenvalue weighted by Crippen LogP contribution is 2.32. The number of primary amides is 1. The number of hydrogen-bond acceptors (Lipinski definition) is 4. The van der Waals surface area contributed by atoms with Crippen molar-refractivity contribution in [2.45, 2.75) is 19.8 Å². The van der Waals surface area contributed by atoms with Gasteiger partial charge in [0.2, 0.25) is 0 Å². The van der Waals surface area contributed by atoms with E-state index >= 15 is 0 Å². The van der Waals surface area contributed by atoms with Crippen LogP contribution in [-0.2, 0) is 16.6 Å². The summed E-state index contributed by atoms with van der Waals surface area (Å²) in [5, 5.41) is 0. The summed E-state index contributed by atoms with van der Waals surface area (Å²) in [6.07, 6.45) is 5.74. The summed E-state index contributed by atoms with van der Waals surface area (Å²) in [6, 6.07) is 12.0. The van der Waals surface area contributed by atoms with Gasteiger partial charge in [-0.2, -0.15) is 13.1 Å². The Morgan fingerprint density at radius 3 is 2.54 bits per heavy atom. The maximum atomic E-state index is 14.5. The van der Waals surface area contributed by atoms with Gasteiger partial charge in [0.1, 0.15) is 23.1 Å². The molecule has 0 aromatic heterocycles. The summed E-state index contributed by atoms with van der Waals surface area (Å²) in [6.45, 7) is 2.08. The van der Waals surface area contributed by atoms with Gasteiger partial charge in [-0.25, -0.2) is 8.78 Å². The fourth-order valence-electron chi connectivity index (χ4n) is 3.30. The molecule has 4 N–H and O–H groups in total. The molecular formula is C25H23F2N3O4S. The van der Waals surface area contributed by atoms with Gasteiger partial charge in [-0.15, -0.1) is 6.42 Å². The third-order valence-electron chi connectivity index (χ3n) is 4.85. The minimum absolute atomic E-state index is 0.112. The highest BCUT2D eigenvalue weighted by molar-refractivity contribution is 7.90. The lowest BCUT2D eigenvalue weighted by atomic mass is 9.97. The van der Waals surface area contributed by atoms with Crippen LogP contribution in [0, 0.1) is 24.0 Å². The van der Waals surface area contributed by atoms with Crippen LogP contribution in [0.15, 0.2) is 54.6 Å². The predicted octanol–water partition coefficient (Wildman–Crippen LogP) is 4.08. The van der Waals surface area contributed by atoms with E-state index in [-0.39, 0.29) is 46.8 Å². The van der Waals surface area contributed by atoms with E-state index in [9.17, 15) is 22.0 Å². The summed E-state index contributed by atoms with van der Waals surface area (Å²) in [4.78, 5) is 12.3. The Balaban J connectivity index is 1.94. The van der Waals surface area contributed by atoms with Gasteiger partial charge in [-0.1, -0.05) is 25.0 Å². The molecule has 35 heavy (non-hydrogen) atoms. The number of amides is 1. The minimum atomic E-state index is -3.80. The van der Waals surface area contributed by atoms with Crippen molar-refractivity contribution in [2.75, 3.05) is 11.3 Å². The number of hydrogen-bond donors (Lipinski definition) is 3. The van der Waals surface area contributed by atoms with Crippen molar-refractivity contribution in [3.63, 3.8) is 0 Å². The summed E-state index contributed by atoms with van der Waals surface area (Å²) in [5.41, 5.74) is 6.23. The number of rotatable bonds is 10. The molecule has 0 bridgehead atoms. The van der Waals surface area contributed by atoms with Crippen molar-refractivity contribution in [1.29, 1.82) is 0 Å². The van der Waals surface area contributed by atoms with E-state index in [2.05, 4.69) is 15.4 Å². The number of anilines is 1. The maximum Gasteiger partial charge on any atom is 0.299 e. The summed E-state index contributed by atoms with van der Waals surface area (Å²) < 4.78 is 63.5. The minimum Gasteiger partial charge on any atom is -0.456 e. The van der Waals surface area contributed by atoms with Gasteiger partial charge in [0.25, 0.3) is 16.1 Å². The fraction of sp³-hybridized carbons (Fsp3) is 0.160. The summed E-state index contributed by atoms with van der Waals surface area (Å²) in [7, 11) is -3.80. The van der Waals surface area contributed by atoms with Crippen molar-refractivity contribution in [2.24, 2.45) is 5.73 Å². The number of nitrogens with two attached hydrogens (primary N) is 1. The smallest absolute Gasteiger partial charge is 0.299 e. The van der Waals surface area contributed by atoms with Crippen LogP contribution >= 0.6 is 0 Å². The van der Waals surface area contributed by atoms with E-state index in [4.69, 9.17) is 16.9 Å². The van der Waals surface area contributed by atoms with Gasteiger partial charge in [-0.05, 0) is 47.9 Å². The summed E-state index contributed by atoms with van der Waals surface area (Å²) >= 11 is 0. The second-order valence-electron chi connectivity index (χ2n) is 7.56. The molecule has 3 aromatic rings. The topological polar surface area (TPSA) is 111 Å². The first-order valence-corrected chi connectivity index (χ1v) is 12.0. The van der Waals surface area contributed by atoms with Gasteiger partial charge in [0.15, 0.2) is 0 Å². The Bertz CT molecular complexity index is 1400. The Kier molecular flexibility index (Phi) is 8.06. The number of benzene rings is 3. The molecule has 0 spiro atoms. The first-order chi connectivity index (χ1) is 16.6. The second kappa shape index (κ2) is 11.0. The maximum absolute atomic E-state index is 14.5. The van der Waals surface area contributed by atoms with Gasteiger partial charge < -0.3 is 10.5 Å². The average Bonchev–Trinajstić information content (AvgIpc) is 2.78. The number of nitrogens with one attached hydrogen (secondary N) is 2. The van der Waals surface area contributed by atoms with Gasteiger partial charge >= 0.3 is 0 Å². The molecule has 10 heteroatoms. The van der Waals surface area contributed by atoms with Crippen LogP contribution in [0.3, 0.4) is 0 Å². The Hall–Kier alpha value is -3.94. The van der Waals surface area contributed by atoms with E-state index in [0.29, 0.717) is 12.0 Å². The molecule has 0 saturated heterocycles. The van der Waals surface area contributed by atoms with Crippen LogP contribution in [0.2, 0.25) is 0 Å². The van der Waals surface area contributed by atoms with Crippen LogP contribution in [0.4, 0.5) is 14.5 Å². The van der Waals surface area contributed by atoms with Crippen molar-refractivity contribution in [3.8, 4) is 23.8 Å². The van der Waals surface area contributed by atoms with Gasteiger partial charge in [0.05, 0.1) is 11.3 Å². The van der Waals surface area contributed by atoms with E-state index in [0.717, 1.165) is 18.2 Å². The van der Waals surface area contributed by atoms with E-state index in [1.807, 2.05) is 6.92 Å². The lowest BCUT2D eigenvalue weighted by Gasteiger charge is -2.15. The largest absolute Gasteiger partial charge is 0.456 e. The molecule has 0 aliphatic rings. The number of carbonyl (C=O) groups is 1. The van der Waals surface area contributed by atoms with Crippen molar-refractivity contribution < 1.29 is 26.7 Å². The van der Waals surface area contributed by atoms with Crippen LogP contribution < -0.4 is 19.9 Å². The Labute approximate surface area is 202 Å². The van der Waals surface area contributed by atoms with E-state index in [1.54, 1.807) is 0 Å². The number of terminal acetylenes is 1. The first-order valence-electron chi connectivity index (χ1n) is 10.5. The SMILES string of the molecule is C#Cc1ccc(Cc2cc(F)cc(Oc3cccc(NS(=O)(=O)NCCC)c3)c2C(N)=O)c(F)c1. The van der Waals surface area contributed by atoms with Gasteiger partial charge in [-0.3, -0.25) is 9.52 Å². The predicted molar refractivity (Wildman–Crippen MR) is 129 cm³/mol. The molecule has 0 radical (unpaired) electrons. The van der Waals surface area contributed by atoms with Crippen LogP contribution in [0.25, 0.3) is 0 Å². The normalized spacial score (nSPS) is 11.0. The fourth-order valence-corrected chi connectivity index (χ4v) is 4.28. The molecule has 0 aliphatic heterocycles. The molecule has 0 heterocycles. The number of ether oxygens (including phenoxy) is 1. The monoisotopic (exact) mass is 499 g/mol. The molecular weight excluding hydrogens is 476 g/mol. The highest BCUT2D eigenvalue weighted by atomic mass is 32.2. The zero-order chi connectivity index (χ0) is 25.6. The molecule has 0 saturated carbocycles. The first kappa shape index (κ1) is 25.7. The molecule has 3 rings (SSSR count). The van der Waals surface area contributed by atoms with Gasteiger partial charge in [0, 0.05) is 30.7 Å². The molecule has 0 atom stereocenters. The lowest BCUT2D eigenvalue weighted by Crippen LogP contribution is -2.30.